The van der Waals surface area contributed by atoms with Gasteiger partial charge in [-0.2, -0.15) is 0 Å². The number of hydrogen-bond donors (Lipinski definition) is 2. The van der Waals surface area contributed by atoms with Crippen molar-refractivity contribution in [3.05, 3.63) is 11.6 Å². The van der Waals surface area contributed by atoms with Crippen molar-refractivity contribution in [2.24, 2.45) is 10.8 Å². The lowest BCUT2D eigenvalue weighted by atomic mass is 9.52. The van der Waals surface area contributed by atoms with Crippen molar-refractivity contribution in [3.63, 3.8) is 0 Å². The molecule has 3 fully saturated rings. The molecule has 6 atom stereocenters. The predicted octanol–water partition coefficient (Wildman–Crippen LogP) is 1.36. The topological polar surface area (TPSA) is 62.2 Å². The summed E-state index contributed by atoms with van der Waals surface area (Å²) in [5, 5.41) is 21.4. The fourth-order valence-corrected chi connectivity index (χ4v) is 4.88. The zero-order chi connectivity index (χ0) is 13.7. The molecule has 6 unspecified atom stereocenters. The Bertz CT molecular complexity index is 483. The summed E-state index contributed by atoms with van der Waals surface area (Å²) >= 11 is 0. The maximum Gasteiger partial charge on any atom is 0.196 e. The van der Waals surface area contributed by atoms with Gasteiger partial charge in [-0.05, 0) is 19.8 Å². The molecule has 0 aromatic rings. The first kappa shape index (κ1) is 12.3. The highest BCUT2D eigenvalue weighted by molar-refractivity contribution is 5.31. The summed E-state index contributed by atoms with van der Waals surface area (Å²) in [5.41, 5.74) is 0.264. The summed E-state index contributed by atoms with van der Waals surface area (Å²) in [4.78, 5) is 0. The predicted molar refractivity (Wildman–Crippen MR) is 68.3 cm³/mol. The number of hydrogen-bond acceptors (Lipinski definition) is 4. The van der Waals surface area contributed by atoms with Crippen LogP contribution in [-0.4, -0.2) is 40.4 Å². The molecule has 2 heterocycles. The SMILES string of the molecule is CC1=CC2OC3(O)CC4(CO4)C(C)(C3O)C2(C)CC1. The van der Waals surface area contributed by atoms with E-state index in [0.29, 0.717) is 13.0 Å². The zero-order valence-corrected chi connectivity index (χ0v) is 11.8. The van der Waals surface area contributed by atoms with Crippen LogP contribution in [0.15, 0.2) is 11.6 Å². The van der Waals surface area contributed by atoms with Crippen molar-refractivity contribution >= 4 is 0 Å². The minimum atomic E-state index is -1.45. The van der Waals surface area contributed by atoms with E-state index in [1.807, 2.05) is 0 Å². The van der Waals surface area contributed by atoms with Crippen LogP contribution < -0.4 is 0 Å². The second-order valence-corrected chi connectivity index (χ2v) is 7.38. The number of fused-ring (bicyclic) bond motifs is 5. The molecule has 19 heavy (non-hydrogen) atoms. The highest BCUT2D eigenvalue weighted by Crippen LogP contribution is 2.72. The van der Waals surface area contributed by atoms with Crippen molar-refractivity contribution in [3.8, 4) is 0 Å². The maximum absolute atomic E-state index is 10.7. The average Bonchev–Trinajstić information content (AvgIpc) is 3.09. The molecule has 4 rings (SSSR count). The third kappa shape index (κ3) is 1.13. The molecular formula is C15H22O4. The number of epoxide rings is 1. The molecule has 106 valence electrons. The first-order valence-corrected chi connectivity index (χ1v) is 7.17. The van der Waals surface area contributed by atoms with Crippen LogP contribution in [-0.2, 0) is 9.47 Å². The normalized spacial score (nSPS) is 62.9. The van der Waals surface area contributed by atoms with Gasteiger partial charge in [0.2, 0.25) is 0 Å². The van der Waals surface area contributed by atoms with Gasteiger partial charge in [-0.1, -0.05) is 25.5 Å². The lowest BCUT2D eigenvalue weighted by Gasteiger charge is -2.58. The molecule has 0 radical (unpaired) electrons. The van der Waals surface area contributed by atoms with Crippen molar-refractivity contribution in [1.82, 2.24) is 0 Å². The molecule has 0 amide bonds. The van der Waals surface area contributed by atoms with Gasteiger partial charge in [-0.3, -0.25) is 0 Å². The second kappa shape index (κ2) is 3.08. The van der Waals surface area contributed by atoms with Crippen LogP contribution in [0.4, 0.5) is 0 Å². The van der Waals surface area contributed by atoms with E-state index in [1.165, 1.54) is 5.57 Å². The first-order chi connectivity index (χ1) is 8.78. The van der Waals surface area contributed by atoms with E-state index in [9.17, 15) is 10.2 Å². The zero-order valence-electron chi connectivity index (χ0n) is 11.8. The van der Waals surface area contributed by atoms with Gasteiger partial charge >= 0.3 is 0 Å². The monoisotopic (exact) mass is 266 g/mol. The van der Waals surface area contributed by atoms with E-state index in [4.69, 9.17) is 9.47 Å². The molecular weight excluding hydrogens is 244 g/mol. The molecule has 2 bridgehead atoms. The maximum atomic E-state index is 10.7. The molecule has 4 aliphatic rings. The molecule has 1 spiro atoms. The van der Waals surface area contributed by atoms with Crippen molar-refractivity contribution in [2.75, 3.05) is 6.61 Å². The van der Waals surface area contributed by atoms with E-state index in [0.717, 1.165) is 12.8 Å². The first-order valence-electron chi connectivity index (χ1n) is 7.17. The average molecular weight is 266 g/mol. The van der Waals surface area contributed by atoms with Gasteiger partial charge in [0, 0.05) is 17.3 Å². The van der Waals surface area contributed by atoms with Gasteiger partial charge in [0.1, 0.15) is 11.7 Å². The number of rotatable bonds is 0. The van der Waals surface area contributed by atoms with Gasteiger partial charge in [-0.25, -0.2) is 0 Å². The lowest BCUT2D eigenvalue weighted by molar-refractivity contribution is -0.333. The van der Waals surface area contributed by atoms with Gasteiger partial charge < -0.3 is 19.7 Å². The fourth-order valence-electron chi connectivity index (χ4n) is 4.88. The minimum Gasteiger partial charge on any atom is -0.387 e. The number of ether oxygens (including phenoxy) is 2. The highest BCUT2D eigenvalue weighted by atomic mass is 16.7. The van der Waals surface area contributed by atoms with E-state index in [2.05, 4.69) is 26.8 Å². The van der Waals surface area contributed by atoms with E-state index >= 15 is 0 Å². The Morgan fingerprint density at radius 1 is 1.37 bits per heavy atom. The Labute approximate surface area is 113 Å². The third-order valence-electron chi connectivity index (χ3n) is 6.57. The van der Waals surface area contributed by atoms with Gasteiger partial charge in [0.15, 0.2) is 5.79 Å². The standard InChI is InChI=1S/C15H22O4/c1-9-4-5-12(2)10(6-9)19-15(17)7-14(8-18-14)13(12,3)11(15)16/h6,10-11,16-17H,4-5,7-8H2,1-3H3. The van der Waals surface area contributed by atoms with Crippen LogP contribution in [0.25, 0.3) is 0 Å². The summed E-state index contributed by atoms with van der Waals surface area (Å²) in [7, 11) is 0. The molecule has 0 aromatic heterocycles. The summed E-state index contributed by atoms with van der Waals surface area (Å²) in [6.07, 6.45) is 3.48. The van der Waals surface area contributed by atoms with E-state index in [-0.39, 0.29) is 11.5 Å². The van der Waals surface area contributed by atoms with Crippen molar-refractivity contribution in [1.29, 1.82) is 0 Å². The Balaban J connectivity index is 1.91. The van der Waals surface area contributed by atoms with Crippen molar-refractivity contribution in [2.45, 2.75) is 63.6 Å². The molecule has 4 nitrogen and oxygen atoms in total. The lowest BCUT2D eigenvalue weighted by Crippen LogP contribution is -2.65. The van der Waals surface area contributed by atoms with Crippen LogP contribution in [0.2, 0.25) is 0 Å². The number of allylic oxidation sites excluding steroid dienone is 1. The molecule has 0 aromatic carbocycles. The molecule has 2 aliphatic heterocycles. The van der Waals surface area contributed by atoms with Crippen LogP contribution in [0.5, 0.6) is 0 Å². The van der Waals surface area contributed by atoms with Crippen LogP contribution in [0, 0.1) is 10.8 Å². The second-order valence-electron chi connectivity index (χ2n) is 7.38. The van der Waals surface area contributed by atoms with Crippen molar-refractivity contribution < 1.29 is 19.7 Å². The summed E-state index contributed by atoms with van der Waals surface area (Å²) in [6, 6.07) is 0. The minimum absolute atomic E-state index is 0.136. The Hall–Kier alpha value is -0.420. The summed E-state index contributed by atoms with van der Waals surface area (Å²) in [6.45, 7) is 6.98. The van der Waals surface area contributed by atoms with Crippen LogP contribution >= 0.6 is 0 Å². The molecule has 4 heteroatoms. The van der Waals surface area contributed by atoms with Gasteiger partial charge in [-0.15, -0.1) is 0 Å². The van der Waals surface area contributed by atoms with Gasteiger partial charge in [0.05, 0.1) is 12.7 Å². The quantitative estimate of drug-likeness (QED) is 0.513. The Kier molecular flexibility index (Phi) is 2.00. The molecule has 2 saturated heterocycles. The largest absolute Gasteiger partial charge is 0.387 e. The van der Waals surface area contributed by atoms with Crippen LogP contribution in [0.3, 0.4) is 0 Å². The smallest absolute Gasteiger partial charge is 0.196 e. The molecule has 1 saturated carbocycles. The summed E-state index contributed by atoms with van der Waals surface area (Å²) < 4.78 is 11.7. The molecule has 2 N–H and O–H groups in total. The third-order valence-corrected chi connectivity index (χ3v) is 6.57. The Morgan fingerprint density at radius 2 is 2.05 bits per heavy atom. The number of aliphatic hydroxyl groups excluding tert-OH is 1. The Morgan fingerprint density at radius 3 is 2.68 bits per heavy atom. The van der Waals surface area contributed by atoms with Crippen LogP contribution in [0.1, 0.15) is 40.0 Å². The van der Waals surface area contributed by atoms with E-state index < -0.39 is 22.9 Å². The van der Waals surface area contributed by atoms with E-state index in [1.54, 1.807) is 0 Å². The molecule has 2 aliphatic carbocycles. The highest BCUT2D eigenvalue weighted by Gasteiger charge is 2.83. The fraction of sp³-hybridized carbons (Fsp3) is 0.867. The summed E-state index contributed by atoms with van der Waals surface area (Å²) in [5.74, 6) is -1.45. The van der Waals surface area contributed by atoms with Gasteiger partial charge in [0.25, 0.3) is 0 Å². The number of aliphatic hydroxyl groups is 2.